The van der Waals surface area contributed by atoms with E-state index < -0.39 is 24.7 Å². The summed E-state index contributed by atoms with van der Waals surface area (Å²) in [5.41, 5.74) is 0.601. The summed E-state index contributed by atoms with van der Waals surface area (Å²) in [5, 5.41) is 29.6. The zero-order chi connectivity index (χ0) is 16.0. The molecule has 0 spiro atoms. The van der Waals surface area contributed by atoms with E-state index in [0.29, 0.717) is 5.56 Å². The number of nitrogens with one attached hydrogen (secondary N) is 1. The minimum atomic E-state index is -0.892. The first-order chi connectivity index (χ1) is 9.85. The molecule has 8 nitrogen and oxygen atoms in total. The first-order valence-corrected chi connectivity index (χ1v) is 6.18. The number of hydrogen-bond donors (Lipinski definition) is 4. The Labute approximate surface area is 121 Å². The first kappa shape index (κ1) is 16.9. The van der Waals surface area contributed by atoms with Gasteiger partial charge in [-0.05, 0) is 17.7 Å². The van der Waals surface area contributed by atoms with E-state index >= 15 is 0 Å². The van der Waals surface area contributed by atoms with Gasteiger partial charge in [0, 0.05) is 13.8 Å². The number of aliphatic hydroxyl groups excluding tert-OH is 1. The highest BCUT2D eigenvalue weighted by Gasteiger charge is 2.26. The van der Waals surface area contributed by atoms with Gasteiger partial charge in [0.2, 0.25) is 5.91 Å². The van der Waals surface area contributed by atoms with Gasteiger partial charge in [-0.15, -0.1) is 5.23 Å². The molecule has 0 fully saturated rings. The SMILES string of the molecule is CC(=O)N[C@H](CO)[C@H](OC(C)=O)c1ccc(N(O)O)cc1. The average Bonchev–Trinajstić information content (AvgIpc) is 2.42. The van der Waals surface area contributed by atoms with Crippen LogP contribution < -0.4 is 10.5 Å². The topological polar surface area (TPSA) is 119 Å². The molecule has 0 aliphatic heterocycles. The minimum absolute atomic E-state index is 0.0536. The molecule has 21 heavy (non-hydrogen) atoms. The molecule has 116 valence electrons. The fourth-order valence-corrected chi connectivity index (χ4v) is 1.84. The maximum atomic E-state index is 11.2. The number of anilines is 1. The lowest BCUT2D eigenvalue weighted by Gasteiger charge is -2.26. The lowest BCUT2D eigenvalue weighted by atomic mass is 10.0. The lowest BCUT2D eigenvalue weighted by Crippen LogP contribution is -2.42. The summed E-state index contributed by atoms with van der Waals surface area (Å²) in [6, 6.07) is 4.94. The molecule has 8 heteroatoms. The van der Waals surface area contributed by atoms with Gasteiger partial charge in [-0.3, -0.25) is 20.0 Å². The molecule has 0 heterocycles. The van der Waals surface area contributed by atoms with E-state index in [2.05, 4.69) is 5.32 Å². The molecule has 0 saturated heterocycles. The minimum Gasteiger partial charge on any atom is -0.455 e. The fraction of sp³-hybridized carbons (Fsp3) is 0.385. The summed E-state index contributed by atoms with van der Waals surface area (Å²) in [5.74, 6) is -0.946. The number of aliphatic hydroxyl groups is 1. The molecule has 2 atom stereocenters. The molecule has 0 radical (unpaired) electrons. The molecule has 1 rings (SSSR count). The van der Waals surface area contributed by atoms with E-state index in [1.807, 2.05) is 0 Å². The quantitative estimate of drug-likeness (QED) is 0.442. The zero-order valence-corrected chi connectivity index (χ0v) is 11.7. The number of esters is 1. The van der Waals surface area contributed by atoms with Gasteiger partial charge in [0.1, 0.15) is 6.10 Å². The van der Waals surface area contributed by atoms with E-state index in [9.17, 15) is 14.7 Å². The van der Waals surface area contributed by atoms with Crippen molar-refractivity contribution in [3.05, 3.63) is 29.8 Å². The molecular weight excluding hydrogens is 280 g/mol. The van der Waals surface area contributed by atoms with Crippen LogP contribution in [0.4, 0.5) is 5.69 Å². The predicted molar refractivity (Wildman–Crippen MR) is 71.7 cm³/mol. The monoisotopic (exact) mass is 298 g/mol. The van der Waals surface area contributed by atoms with Crippen molar-refractivity contribution in [3.8, 4) is 0 Å². The van der Waals surface area contributed by atoms with Crippen molar-refractivity contribution in [1.82, 2.24) is 5.32 Å². The van der Waals surface area contributed by atoms with Crippen LogP contribution in [-0.4, -0.2) is 40.0 Å². The Morgan fingerprint density at radius 1 is 1.24 bits per heavy atom. The molecule has 0 unspecified atom stereocenters. The van der Waals surface area contributed by atoms with Gasteiger partial charge in [0.25, 0.3) is 0 Å². The number of carbonyl (C=O) groups excluding carboxylic acids is 2. The van der Waals surface area contributed by atoms with E-state index in [4.69, 9.17) is 15.2 Å². The van der Waals surface area contributed by atoms with E-state index in [-0.39, 0.29) is 16.8 Å². The fourth-order valence-electron chi connectivity index (χ4n) is 1.84. The van der Waals surface area contributed by atoms with Crippen LogP contribution in [-0.2, 0) is 14.3 Å². The van der Waals surface area contributed by atoms with Gasteiger partial charge >= 0.3 is 5.97 Å². The van der Waals surface area contributed by atoms with Crippen molar-refractivity contribution in [1.29, 1.82) is 0 Å². The highest BCUT2D eigenvalue weighted by Crippen LogP contribution is 2.24. The predicted octanol–water partition coefficient (Wildman–Crippen LogP) is 0.373. The third-order valence-corrected chi connectivity index (χ3v) is 2.70. The second kappa shape index (κ2) is 7.58. The van der Waals surface area contributed by atoms with E-state index in [1.165, 1.54) is 38.1 Å². The number of benzene rings is 1. The Kier molecular flexibility index (Phi) is 6.10. The van der Waals surface area contributed by atoms with Crippen LogP contribution in [0.3, 0.4) is 0 Å². The number of carbonyl (C=O) groups is 2. The van der Waals surface area contributed by atoms with Gasteiger partial charge < -0.3 is 15.2 Å². The van der Waals surface area contributed by atoms with Crippen LogP contribution >= 0.6 is 0 Å². The van der Waals surface area contributed by atoms with Crippen molar-refractivity contribution in [2.24, 2.45) is 0 Å². The Morgan fingerprint density at radius 3 is 2.19 bits per heavy atom. The van der Waals surface area contributed by atoms with Crippen LogP contribution in [0, 0.1) is 0 Å². The summed E-state index contributed by atoms with van der Waals surface area (Å²) in [7, 11) is 0. The summed E-state index contributed by atoms with van der Waals surface area (Å²) in [6.45, 7) is 2.07. The number of nitrogens with zero attached hydrogens (tertiary/aromatic N) is 1. The van der Waals surface area contributed by atoms with Crippen molar-refractivity contribution in [3.63, 3.8) is 0 Å². The van der Waals surface area contributed by atoms with Crippen LogP contribution in [0.1, 0.15) is 25.5 Å². The molecule has 1 amide bonds. The van der Waals surface area contributed by atoms with Crippen molar-refractivity contribution in [2.45, 2.75) is 26.0 Å². The highest BCUT2D eigenvalue weighted by atomic mass is 16.8. The number of rotatable bonds is 6. The Bertz CT molecular complexity index is 488. The second-order valence-electron chi connectivity index (χ2n) is 4.40. The smallest absolute Gasteiger partial charge is 0.303 e. The molecule has 0 aliphatic rings. The lowest BCUT2D eigenvalue weighted by molar-refractivity contribution is -0.150. The average molecular weight is 298 g/mol. The number of ether oxygens (including phenoxy) is 1. The normalized spacial score (nSPS) is 13.2. The Hall–Kier alpha value is -2.16. The standard InChI is InChI=1S/C13H18N2O6/c1-8(17)14-12(7-16)13(21-9(2)18)10-3-5-11(6-4-10)15(19)20/h3-6,12-13,16,19-20H,7H2,1-2H3,(H,14,17)/t12-,13-/m1/s1. The molecule has 0 aromatic heterocycles. The first-order valence-electron chi connectivity index (χ1n) is 6.18. The Balaban J connectivity index is 3.05. The molecule has 1 aromatic rings. The maximum Gasteiger partial charge on any atom is 0.303 e. The zero-order valence-electron chi connectivity index (χ0n) is 11.7. The maximum absolute atomic E-state index is 11.2. The van der Waals surface area contributed by atoms with E-state index in [1.54, 1.807) is 0 Å². The molecule has 0 saturated carbocycles. The summed E-state index contributed by atoms with van der Waals surface area (Å²) in [4.78, 5) is 22.3. The Morgan fingerprint density at radius 2 is 1.81 bits per heavy atom. The van der Waals surface area contributed by atoms with Crippen LogP contribution in [0.25, 0.3) is 0 Å². The summed E-state index contributed by atoms with van der Waals surface area (Å²) >= 11 is 0. The molecule has 0 aliphatic carbocycles. The van der Waals surface area contributed by atoms with Gasteiger partial charge in [-0.25, -0.2) is 0 Å². The van der Waals surface area contributed by atoms with Gasteiger partial charge in [0.15, 0.2) is 0 Å². The summed E-state index contributed by atoms with van der Waals surface area (Å²) in [6.07, 6.45) is -0.892. The van der Waals surface area contributed by atoms with Gasteiger partial charge in [-0.1, -0.05) is 12.1 Å². The molecule has 4 N–H and O–H groups in total. The number of amides is 1. The highest BCUT2D eigenvalue weighted by molar-refractivity contribution is 5.73. The second-order valence-corrected chi connectivity index (χ2v) is 4.40. The molecule has 1 aromatic carbocycles. The van der Waals surface area contributed by atoms with Gasteiger partial charge in [0.05, 0.1) is 18.3 Å². The van der Waals surface area contributed by atoms with Crippen LogP contribution in [0.2, 0.25) is 0 Å². The van der Waals surface area contributed by atoms with Crippen LogP contribution in [0.15, 0.2) is 24.3 Å². The molecular formula is C13H18N2O6. The molecule has 0 bridgehead atoms. The van der Waals surface area contributed by atoms with Crippen molar-refractivity contribution < 1.29 is 29.8 Å². The summed E-state index contributed by atoms with van der Waals surface area (Å²) < 4.78 is 5.14. The van der Waals surface area contributed by atoms with E-state index in [0.717, 1.165) is 0 Å². The van der Waals surface area contributed by atoms with Crippen LogP contribution in [0.5, 0.6) is 0 Å². The third kappa shape index (κ3) is 5.03. The van der Waals surface area contributed by atoms with Crippen molar-refractivity contribution in [2.75, 3.05) is 11.8 Å². The van der Waals surface area contributed by atoms with Gasteiger partial charge in [-0.2, -0.15) is 0 Å². The third-order valence-electron chi connectivity index (χ3n) is 2.70. The van der Waals surface area contributed by atoms with Crippen molar-refractivity contribution >= 4 is 17.6 Å². The largest absolute Gasteiger partial charge is 0.455 e. The number of hydrogen-bond acceptors (Lipinski definition) is 7.